The van der Waals surface area contributed by atoms with Gasteiger partial charge in [0.1, 0.15) is 16.8 Å². The van der Waals surface area contributed by atoms with E-state index < -0.39 is 0 Å². The molecule has 0 spiro atoms. The van der Waals surface area contributed by atoms with Crippen molar-refractivity contribution in [1.82, 2.24) is 9.97 Å². The number of para-hydroxylation sites is 1. The van der Waals surface area contributed by atoms with Crippen molar-refractivity contribution in [1.29, 1.82) is 0 Å². The van der Waals surface area contributed by atoms with Gasteiger partial charge in [-0.3, -0.25) is 0 Å². The van der Waals surface area contributed by atoms with Gasteiger partial charge in [-0.2, -0.15) is 0 Å². The molecule has 0 aliphatic rings. The summed E-state index contributed by atoms with van der Waals surface area (Å²) in [6.07, 6.45) is 0. The smallest absolute Gasteiger partial charge is 0.138 e. The van der Waals surface area contributed by atoms with Gasteiger partial charge in [0.05, 0.1) is 5.69 Å². The highest BCUT2D eigenvalue weighted by molar-refractivity contribution is 14.1. The second kappa shape index (κ2) is 6.05. The molecule has 1 N–H and O–H groups in total. The fourth-order valence-corrected chi connectivity index (χ4v) is 2.27. The number of nitrogens with one attached hydrogen (secondary N) is 1. The number of hydrogen-bond donors (Lipinski definition) is 1. The summed E-state index contributed by atoms with van der Waals surface area (Å²) in [6, 6.07) is 8.06. The monoisotopic (exact) mass is 387 g/mol. The zero-order valence-electron chi connectivity index (χ0n) is 11.0. The van der Waals surface area contributed by atoms with Crippen LogP contribution in [0.25, 0.3) is 0 Å². The number of aromatic nitrogens is 2. The van der Waals surface area contributed by atoms with Gasteiger partial charge in [-0.15, -0.1) is 0 Å². The van der Waals surface area contributed by atoms with Crippen molar-refractivity contribution in [3.8, 4) is 0 Å². The van der Waals surface area contributed by atoms with Gasteiger partial charge in [0.2, 0.25) is 0 Å². The first kappa shape index (κ1) is 14.5. The van der Waals surface area contributed by atoms with Gasteiger partial charge in [-0.25, -0.2) is 9.97 Å². The number of benzene rings is 1. The largest absolute Gasteiger partial charge is 0.339 e. The van der Waals surface area contributed by atoms with Gasteiger partial charge >= 0.3 is 0 Å². The lowest BCUT2D eigenvalue weighted by molar-refractivity contribution is 0.773. The minimum atomic E-state index is 0.244. The van der Waals surface area contributed by atoms with Crippen LogP contribution in [-0.2, 0) is 0 Å². The van der Waals surface area contributed by atoms with Crippen LogP contribution in [0.4, 0.5) is 11.5 Å². The predicted octanol–water partition coefficient (Wildman–Crippen LogP) is 4.91. The second-order valence-corrected chi connectivity index (χ2v) is 6.13. The van der Waals surface area contributed by atoms with Gasteiger partial charge in [0.15, 0.2) is 0 Å². The summed E-state index contributed by atoms with van der Waals surface area (Å²) in [7, 11) is 0. The zero-order valence-corrected chi connectivity index (χ0v) is 14.0. The van der Waals surface area contributed by atoms with E-state index in [-0.39, 0.29) is 5.92 Å². The summed E-state index contributed by atoms with van der Waals surface area (Å²) < 4.78 is 1.14. The van der Waals surface area contributed by atoms with E-state index in [1.54, 1.807) is 0 Å². The van der Waals surface area contributed by atoms with Crippen molar-refractivity contribution < 1.29 is 0 Å². The van der Waals surface area contributed by atoms with Gasteiger partial charge < -0.3 is 5.32 Å². The Balaban J connectivity index is 2.42. The molecule has 1 aromatic carbocycles. The zero-order chi connectivity index (χ0) is 14.0. The molecule has 0 aliphatic carbocycles. The lowest BCUT2D eigenvalue weighted by atomic mass is 10.2. The Morgan fingerprint density at radius 1 is 1.21 bits per heavy atom. The summed E-state index contributed by atoms with van der Waals surface area (Å²) in [4.78, 5) is 8.87. The van der Waals surface area contributed by atoms with Gasteiger partial charge in [0, 0.05) is 15.1 Å². The number of anilines is 2. The van der Waals surface area contributed by atoms with Gasteiger partial charge in [0.25, 0.3) is 0 Å². The molecule has 2 rings (SSSR count). The Hall–Kier alpha value is -0.880. The summed E-state index contributed by atoms with van der Waals surface area (Å²) in [6.45, 7) is 6.03. The van der Waals surface area contributed by atoms with Crippen LogP contribution in [0.2, 0.25) is 5.15 Å². The molecule has 0 radical (unpaired) electrons. The highest BCUT2D eigenvalue weighted by Crippen LogP contribution is 2.27. The molecule has 19 heavy (non-hydrogen) atoms. The summed E-state index contributed by atoms with van der Waals surface area (Å²) in [5.74, 6) is 1.77. The molecule has 0 fully saturated rings. The van der Waals surface area contributed by atoms with E-state index in [4.69, 9.17) is 11.6 Å². The van der Waals surface area contributed by atoms with E-state index in [1.165, 1.54) is 0 Å². The molecule has 1 aromatic heterocycles. The van der Waals surface area contributed by atoms with Crippen LogP contribution >= 0.6 is 34.2 Å². The SMILES string of the molecule is Cc1c(Cl)nc(C(C)C)nc1Nc1ccccc1I. The van der Waals surface area contributed by atoms with Crippen LogP contribution in [0.3, 0.4) is 0 Å². The minimum Gasteiger partial charge on any atom is -0.339 e. The van der Waals surface area contributed by atoms with Gasteiger partial charge in [-0.1, -0.05) is 37.6 Å². The fourth-order valence-electron chi connectivity index (χ4n) is 1.58. The van der Waals surface area contributed by atoms with Crippen molar-refractivity contribution in [2.75, 3.05) is 5.32 Å². The topological polar surface area (TPSA) is 37.8 Å². The average Bonchev–Trinajstić information content (AvgIpc) is 2.37. The Bertz CT molecular complexity index is 599. The number of halogens is 2. The van der Waals surface area contributed by atoms with Crippen molar-refractivity contribution >= 4 is 45.7 Å². The van der Waals surface area contributed by atoms with Crippen LogP contribution in [0.1, 0.15) is 31.2 Å². The van der Waals surface area contributed by atoms with Crippen LogP contribution in [0, 0.1) is 10.5 Å². The predicted molar refractivity (Wildman–Crippen MR) is 88.3 cm³/mol. The molecule has 0 saturated heterocycles. The van der Waals surface area contributed by atoms with Gasteiger partial charge in [-0.05, 0) is 41.6 Å². The highest BCUT2D eigenvalue weighted by Gasteiger charge is 2.12. The third-order valence-electron chi connectivity index (χ3n) is 2.75. The molecule has 5 heteroatoms. The normalized spacial score (nSPS) is 10.8. The van der Waals surface area contributed by atoms with E-state index in [0.717, 1.165) is 26.5 Å². The first-order valence-corrected chi connectivity index (χ1v) is 7.50. The van der Waals surface area contributed by atoms with E-state index in [9.17, 15) is 0 Å². The maximum atomic E-state index is 6.18. The first-order valence-electron chi connectivity index (χ1n) is 6.04. The Labute approximate surface area is 132 Å². The molecule has 3 nitrogen and oxygen atoms in total. The lowest BCUT2D eigenvalue weighted by Crippen LogP contribution is -2.05. The Kier molecular flexibility index (Phi) is 4.62. The maximum Gasteiger partial charge on any atom is 0.138 e. The first-order chi connectivity index (χ1) is 8.99. The fraction of sp³-hybridized carbons (Fsp3) is 0.286. The molecule has 2 aromatic rings. The highest BCUT2D eigenvalue weighted by atomic mass is 127. The molecule has 100 valence electrons. The van der Waals surface area contributed by atoms with E-state index in [1.807, 2.05) is 31.2 Å². The Morgan fingerprint density at radius 3 is 2.53 bits per heavy atom. The van der Waals surface area contributed by atoms with Crippen LogP contribution in [-0.4, -0.2) is 9.97 Å². The van der Waals surface area contributed by atoms with Crippen LogP contribution in [0.15, 0.2) is 24.3 Å². The minimum absolute atomic E-state index is 0.244. The maximum absolute atomic E-state index is 6.18. The van der Waals surface area contributed by atoms with Crippen molar-refractivity contribution in [3.63, 3.8) is 0 Å². The Morgan fingerprint density at radius 2 is 1.89 bits per heavy atom. The molecule has 0 atom stereocenters. The molecule has 0 bridgehead atoms. The van der Waals surface area contributed by atoms with Crippen molar-refractivity contribution in [3.05, 3.63) is 44.4 Å². The summed E-state index contributed by atoms with van der Waals surface area (Å²) in [5.41, 5.74) is 1.89. The number of rotatable bonds is 3. The quantitative estimate of drug-likeness (QED) is 0.600. The standard InChI is InChI=1S/C14H15ClIN3/c1-8(2)13-18-12(15)9(3)14(19-13)17-11-7-5-4-6-10(11)16/h4-8H,1-3H3,(H,17,18,19). The molecule has 0 aliphatic heterocycles. The molecule has 0 amide bonds. The van der Waals surface area contributed by atoms with E-state index in [2.05, 4.69) is 51.7 Å². The average molecular weight is 388 g/mol. The summed E-state index contributed by atoms with van der Waals surface area (Å²) in [5, 5.41) is 3.84. The third-order valence-corrected chi connectivity index (χ3v) is 4.06. The number of hydrogen-bond acceptors (Lipinski definition) is 3. The molecular weight excluding hydrogens is 373 g/mol. The van der Waals surface area contributed by atoms with Crippen LogP contribution < -0.4 is 5.32 Å². The van der Waals surface area contributed by atoms with Crippen molar-refractivity contribution in [2.24, 2.45) is 0 Å². The molecule has 0 saturated carbocycles. The summed E-state index contributed by atoms with van der Waals surface area (Å²) >= 11 is 8.47. The molecule has 0 unspecified atom stereocenters. The molecule has 1 heterocycles. The van der Waals surface area contributed by atoms with Crippen molar-refractivity contribution in [2.45, 2.75) is 26.7 Å². The van der Waals surface area contributed by atoms with E-state index >= 15 is 0 Å². The number of nitrogens with zero attached hydrogens (tertiary/aromatic N) is 2. The molecular formula is C14H15ClIN3. The van der Waals surface area contributed by atoms with E-state index in [0.29, 0.717) is 5.15 Å². The van der Waals surface area contributed by atoms with Crippen LogP contribution in [0.5, 0.6) is 0 Å². The second-order valence-electron chi connectivity index (χ2n) is 4.61. The lowest BCUT2D eigenvalue weighted by Gasteiger charge is -2.13. The third kappa shape index (κ3) is 3.36.